The van der Waals surface area contributed by atoms with Gasteiger partial charge < -0.3 is 19.4 Å². The first-order valence-electron chi connectivity index (χ1n) is 14.0. The Hall–Kier alpha value is -0.980. The Kier molecular flexibility index (Phi) is 5.52. The number of carbonyl (C=O) groups excluding carboxylic acids is 1. The molecule has 2 saturated heterocycles. The summed E-state index contributed by atoms with van der Waals surface area (Å²) in [6.45, 7) is 11.1. The molecule has 6 fully saturated rings. The fraction of sp³-hybridized carbons (Fsp3) is 0.929. The van der Waals surface area contributed by atoms with E-state index in [4.69, 9.17) is 9.47 Å². The van der Waals surface area contributed by atoms with Gasteiger partial charge in [0, 0.05) is 30.5 Å². The van der Waals surface area contributed by atoms with E-state index in [-0.39, 0.29) is 35.9 Å². The number of hydrogen-bond donors (Lipinski definition) is 1. The Bertz CT molecular complexity index is 841. The van der Waals surface area contributed by atoms with Crippen LogP contribution in [0.4, 0.5) is 0 Å². The lowest BCUT2D eigenvalue weighted by molar-refractivity contribution is -0.215. The molecule has 6 heteroatoms. The first kappa shape index (κ1) is 23.4. The van der Waals surface area contributed by atoms with Crippen molar-refractivity contribution in [2.75, 3.05) is 32.8 Å². The summed E-state index contributed by atoms with van der Waals surface area (Å²) in [6.07, 6.45) is 8.02. The predicted octanol–water partition coefficient (Wildman–Crippen LogP) is 3.87. The second-order valence-corrected chi connectivity index (χ2v) is 13.1. The molecule has 34 heavy (non-hydrogen) atoms. The van der Waals surface area contributed by atoms with Crippen LogP contribution in [-0.2, 0) is 19.1 Å². The lowest BCUT2D eigenvalue weighted by atomic mass is 9.40. The van der Waals surface area contributed by atoms with Gasteiger partial charge in [0.1, 0.15) is 6.29 Å². The van der Waals surface area contributed by atoms with Gasteiger partial charge in [-0.3, -0.25) is 9.69 Å². The van der Waals surface area contributed by atoms with E-state index in [9.17, 15) is 14.7 Å². The van der Waals surface area contributed by atoms with E-state index in [1.54, 1.807) is 0 Å². The maximum Gasteiger partial charge on any atom is 0.311 e. The van der Waals surface area contributed by atoms with Crippen molar-refractivity contribution in [3.8, 4) is 0 Å². The molecular weight excluding hydrogens is 430 g/mol. The number of ether oxygens (including phenoxy) is 2. The number of carboxylic acid groups (broad SMARTS) is 1. The Morgan fingerprint density at radius 1 is 1.15 bits per heavy atom. The molecular formula is C28H43NO5. The molecule has 4 saturated carbocycles. The Morgan fingerprint density at radius 2 is 1.91 bits per heavy atom. The Labute approximate surface area is 204 Å². The number of nitrogens with zero attached hydrogens (tertiary/aromatic N) is 1. The molecule has 7 unspecified atom stereocenters. The van der Waals surface area contributed by atoms with E-state index >= 15 is 0 Å². The van der Waals surface area contributed by atoms with Crippen LogP contribution in [-0.4, -0.2) is 67.3 Å². The van der Waals surface area contributed by atoms with Gasteiger partial charge >= 0.3 is 5.97 Å². The summed E-state index contributed by atoms with van der Waals surface area (Å²) in [5.74, 6) is 1.13. The van der Waals surface area contributed by atoms with Crippen LogP contribution in [0.25, 0.3) is 0 Å². The summed E-state index contributed by atoms with van der Waals surface area (Å²) in [6, 6.07) is 0. The van der Waals surface area contributed by atoms with Crippen LogP contribution in [0.15, 0.2) is 0 Å². The molecule has 190 valence electrons. The molecule has 2 heterocycles. The quantitative estimate of drug-likeness (QED) is 0.590. The topological polar surface area (TPSA) is 76.1 Å². The van der Waals surface area contributed by atoms with E-state index in [2.05, 4.69) is 25.7 Å². The summed E-state index contributed by atoms with van der Waals surface area (Å²) in [4.78, 5) is 29.3. The molecule has 0 radical (unpaired) electrons. The van der Waals surface area contributed by atoms with E-state index in [0.717, 1.165) is 77.8 Å². The lowest BCUT2D eigenvalue weighted by Gasteiger charge is -2.61. The van der Waals surface area contributed by atoms with E-state index in [0.29, 0.717) is 11.8 Å². The maximum absolute atomic E-state index is 13.7. The number of carbonyl (C=O) groups is 2. The Balaban J connectivity index is 1.42. The van der Waals surface area contributed by atoms with Crippen molar-refractivity contribution in [3.63, 3.8) is 0 Å². The van der Waals surface area contributed by atoms with Crippen molar-refractivity contribution >= 4 is 12.3 Å². The van der Waals surface area contributed by atoms with Crippen LogP contribution < -0.4 is 0 Å². The fourth-order valence-electron chi connectivity index (χ4n) is 10.9. The van der Waals surface area contributed by atoms with Gasteiger partial charge in [-0.1, -0.05) is 27.2 Å². The molecule has 0 spiro atoms. The summed E-state index contributed by atoms with van der Waals surface area (Å²) >= 11 is 0. The molecule has 1 N–H and O–H groups in total. The third-order valence-corrected chi connectivity index (χ3v) is 11.9. The highest BCUT2D eigenvalue weighted by molar-refractivity contribution is 5.86. The predicted molar refractivity (Wildman–Crippen MR) is 127 cm³/mol. The summed E-state index contributed by atoms with van der Waals surface area (Å²) < 4.78 is 12.4. The van der Waals surface area contributed by atoms with Crippen molar-refractivity contribution in [2.24, 2.45) is 51.8 Å². The summed E-state index contributed by atoms with van der Waals surface area (Å²) in [5.41, 5.74) is -2.12. The second-order valence-electron chi connectivity index (χ2n) is 13.1. The number of carboxylic acids is 1. The van der Waals surface area contributed by atoms with E-state index in [1.165, 1.54) is 6.29 Å². The minimum absolute atomic E-state index is 0.0426. The molecule has 2 aliphatic heterocycles. The van der Waals surface area contributed by atoms with Crippen LogP contribution >= 0.6 is 0 Å². The molecule has 6 aliphatic rings. The molecule has 0 aromatic carbocycles. The normalized spacial score (nSPS) is 52.3. The van der Waals surface area contributed by atoms with Gasteiger partial charge in [-0.05, 0) is 74.0 Å². The number of aliphatic carboxylic acids is 1. The van der Waals surface area contributed by atoms with Crippen molar-refractivity contribution in [1.82, 2.24) is 4.90 Å². The van der Waals surface area contributed by atoms with E-state index < -0.39 is 22.2 Å². The van der Waals surface area contributed by atoms with Gasteiger partial charge in [-0.2, -0.15) is 0 Å². The van der Waals surface area contributed by atoms with Gasteiger partial charge in [0.15, 0.2) is 0 Å². The smallest absolute Gasteiger partial charge is 0.311 e. The van der Waals surface area contributed by atoms with Gasteiger partial charge in [-0.25, -0.2) is 0 Å². The van der Waals surface area contributed by atoms with Gasteiger partial charge in [0.2, 0.25) is 0 Å². The zero-order chi connectivity index (χ0) is 23.9. The largest absolute Gasteiger partial charge is 0.481 e. The zero-order valence-electron chi connectivity index (χ0n) is 21.2. The average molecular weight is 474 g/mol. The third kappa shape index (κ3) is 2.69. The number of aldehydes is 1. The molecule has 6 nitrogen and oxygen atoms in total. The van der Waals surface area contributed by atoms with Crippen molar-refractivity contribution in [1.29, 1.82) is 0 Å². The zero-order valence-corrected chi connectivity index (χ0v) is 21.2. The first-order valence-corrected chi connectivity index (χ1v) is 14.0. The summed E-state index contributed by atoms with van der Waals surface area (Å²) in [5, 5.41) is 11.2. The highest BCUT2D eigenvalue weighted by atomic mass is 16.5. The highest BCUT2D eigenvalue weighted by Crippen LogP contribution is 2.85. The van der Waals surface area contributed by atoms with Crippen LogP contribution in [0.5, 0.6) is 0 Å². The van der Waals surface area contributed by atoms with Crippen LogP contribution in [0.2, 0.25) is 0 Å². The SMILES string of the molecule is CC(C)C1CC2CC3(C=O)[C@@H]4CC[C@@H](C)[C@H]4CC2(C2CCC(CN4CCOCC4)O2)C13C(=O)O. The standard InChI is InChI=1S/C28H43NO5/c1-17(2)23-12-19-13-26(16-30)22-6-4-18(3)21(22)14-27(19,28(23,26)25(31)32)24-7-5-20(34-24)15-29-8-10-33-11-9-29/h16-24H,4-15H2,1-3H3,(H,31,32)/t18-,19?,20?,21-,22-,23?,24?,26?,27?,28?/m1/s1. The minimum atomic E-state index is -0.982. The minimum Gasteiger partial charge on any atom is -0.481 e. The summed E-state index contributed by atoms with van der Waals surface area (Å²) in [7, 11) is 0. The van der Waals surface area contributed by atoms with Crippen LogP contribution in [0, 0.1) is 51.8 Å². The molecule has 0 aromatic rings. The lowest BCUT2D eigenvalue weighted by Crippen LogP contribution is -2.66. The average Bonchev–Trinajstić information content (AvgIpc) is 3.54. The number of rotatable bonds is 6. The molecule has 0 aromatic heterocycles. The van der Waals surface area contributed by atoms with Crippen molar-refractivity contribution in [2.45, 2.75) is 77.9 Å². The number of morpholine rings is 1. The monoisotopic (exact) mass is 473 g/mol. The first-order chi connectivity index (χ1) is 16.3. The molecule has 4 bridgehead atoms. The molecule has 10 atom stereocenters. The molecule has 6 rings (SSSR count). The number of hydrogen-bond acceptors (Lipinski definition) is 5. The van der Waals surface area contributed by atoms with Gasteiger partial charge in [-0.15, -0.1) is 0 Å². The highest BCUT2D eigenvalue weighted by Gasteiger charge is 2.88. The Morgan fingerprint density at radius 3 is 2.59 bits per heavy atom. The van der Waals surface area contributed by atoms with Crippen molar-refractivity contribution in [3.05, 3.63) is 0 Å². The van der Waals surface area contributed by atoms with Crippen LogP contribution in [0.3, 0.4) is 0 Å². The van der Waals surface area contributed by atoms with Crippen LogP contribution in [0.1, 0.15) is 65.7 Å². The maximum atomic E-state index is 13.7. The van der Waals surface area contributed by atoms with Gasteiger partial charge in [0.25, 0.3) is 0 Å². The molecule has 0 amide bonds. The number of fused-ring (bicyclic) bond motifs is 2. The van der Waals surface area contributed by atoms with Gasteiger partial charge in [0.05, 0.1) is 30.8 Å². The third-order valence-electron chi connectivity index (χ3n) is 11.9. The van der Waals surface area contributed by atoms with E-state index in [1.807, 2.05) is 0 Å². The second kappa shape index (κ2) is 8.01. The van der Waals surface area contributed by atoms with Crippen molar-refractivity contribution < 1.29 is 24.2 Å². The molecule has 4 aliphatic carbocycles. The fourth-order valence-corrected chi connectivity index (χ4v) is 10.9.